The molecule has 0 saturated carbocycles. The fraction of sp³-hybridized carbons (Fsp3) is 0.778. The van der Waals surface area contributed by atoms with Crippen LogP contribution in [-0.2, 0) is 0 Å². The second kappa shape index (κ2) is 6.38. The monoisotopic (exact) mass is 156 g/mol. The Morgan fingerprint density at radius 2 is 2.18 bits per heavy atom. The summed E-state index contributed by atoms with van der Waals surface area (Å²) in [5.74, 6) is 5.37. The lowest BCUT2D eigenvalue weighted by Gasteiger charge is -2.15. The molecule has 0 aromatic carbocycles. The standard InChI is InChI=1S/C9H20N2/c1-4-6-9(11-10)7-8(3)5-2/h9,11H,3-7,10H2,1-2H3. The third kappa shape index (κ3) is 4.99. The molecule has 0 aromatic rings. The Labute approximate surface area is 69.8 Å². The smallest absolute Gasteiger partial charge is 0.0247 e. The average molecular weight is 156 g/mol. The number of hydrogen-bond donors (Lipinski definition) is 2. The molecule has 0 rings (SSSR count). The zero-order chi connectivity index (χ0) is 8.69. The van der Waals surface area contributed by atoms with Crippen molar-refractivity contribution in [2.75, 3.05) is 0 Å². The Balaban J connectivity index is 3.58. The molecule has 0 radical (unpaired) electrons. The summed E-state index contributed by atoms with van der Waals surface area (Å²) in [6.07, 6.45) is 4.38. The molecule has 0 amide bonds. The summed E-state index contributed by atoms with van der Waals surface area (Å²) in [6.45, 7) is 8.24. The molecule has 0 aliphatic carbocycles. The van der Waals surface area contributed by atoms with Crippen LogP contribution in [0.1, 0.15) is 39.5 Å². The van der Waals surface area contributed by atoms with E-state index < -0.39 is 0 Å². The topological polar surface area (TPSA) is 38.0 Å². The molecule has 0 saturated heterocycles. The van der Waals surface area contributed by atoms with Gasteiger partial charge in [0.25, 0.3) is 0 Å². The van der Waals surface area contributed by atoms with E-state index in [-0.39, 0.29) is 0 Å². The molecule has 0 fully saturated rings. The molecule has 2 heteroatoms. The van der Waals surface area contributed by atoms with E-state index in [1.165, 1.54) is 12.0 Å². The summed E-state index contributed by atoms with van der Waals surface area (Å²) >= 11 is 0. The summed E-state index contributed by atoms with van der Waals surface area (Å²) in [5.41, 5.74) is 4.09. The SMILES string of the molecule is C=C(CC)CC(CCC)NN. The van der Waals surface area contributed by atoms with E-state index in [1.807, 2.05) is 0 Å². The third-order valence-corrected chi connectivity index (χ3v) is 1.91. The Bertz CT molecular complexity index is 110. The second-order valence-electron chi connectivity index (χ2n) is 2.96. The maximum atomic E-state index is 5.37. The van der Waals surface area contributed by atoms with Crippen LogP contribution >= 0.6 is 0 Å². The van der Waals surface area contributed by atoms with Crippen molar-refractivity contribution in [3.05, 3.63) is 12.2 Å². The van der Waals surface area contributed by atoms with E-state index in [0.29, 0.717) is 6.04 Å². The van der Waals surface area contributed by atoms with Crippen molar-refractivity contribution in [2.45, 2.75) is 45.6 Å². The van der Waals surface area contributed by atoms with Gasteiger partial charge in [-0.25, -0.2) is 0 Å². The molecule has 1 unspecified atom stereocenters. The number of hydrazine groups is 1. The first-order valence-corrected chi connectivity index (χ1v) is 4.37. The minimum absolute atomic E-state index is 0.424. The van der Waals surface area contributed by atoms with Gasteiger partial charge >= 0.3 is 0 Å². The van der Waals surface area contributed by atoms with Gasteiger partial charge in [-0.1, -0.05) is 32.4 Å². The van der Waals surface area contributed by atoms with Crippen molar-refractivity contribution in [2.24, 2.45) is 5.84 Å². The maximum absolute atomic E-state index is 5.37. The molecule has 1 atom stereocenters. The third-order valence-electron chi connectivity index (χ3n) is 1.91. The van der Waals surface area contributed by atoms with Crippen LogP contribution in [0.4, 0.5) is 0 Å². The molecule has 2 nitrogen and oxygen atoms in total. The summed E-state index contributed by atoms with van der Waals surface area (Å²) in [5, 5.41) is 0. The molecule has 66 valence electrons. The number of hydrogen-bond acceptors (Lipinski definition) is 2. The van der Waals surface area contributed by atoms with Gasteiger partial charge in [0.15, 0.2) is 0 Å². The van der Waals surface area contributed by atoms with E-state index in [4.69, 9.17) is 5.84 Å². The number of nitrogens with one attached hydrogen (secondary N) is 1. The van der Waals surface area contributed by atoms with Gasteiger partial charge in [-0.2, -0.15) is 0 Å². The van der Waals surface area contributed by atoms with Crippen molar-refractivity contribution in [1.82, 2.24) is 5.43 Å². The number of rotatable bonds is 6. The van der Waals surface area contributed by atoms with Gasteiger partial charge < -0.3 is 0 Å². The number of nitrogens with two attached hydrogens (primary N) is 1. The Morgan fingerprint density at radius 3 is 2.55 bits per heavy atom. The lowest BCUT2D eigenvalue weighted by Crippen LogP contribution is -2.35. The highest BCUT2D eigenvalue weighted by Crippen LogP contribution is 2.09. The van der Waals surface area contributed by atoms with Crippen LogP contribution in [0, 0.1) is 0 Å². The molecular formula is C9H20N2. The van der Waals surface area contributed by atoms with Crippen LogP contribution in [0.25, 0.3) is 0 Å². The minimum atomic E-state index is 0.424. The lowest BCUT2D eigenvalue weighted by molar-refractivity contribution is 0.481. The Hall–Kier alpha value is -0.340. The molecule has 0 bridgehead atoms. The van der Waals surface area contributed by atoms with E-state index >= 15 is 0 Å². The van der Waals surface area contributed by atoms with E-state index in [2.05, 4.69) is 25.9 Å². The van der Waals surface area contributed by atoms with Gasteiger partial charge in [-0.3, -0.25) is 11.3 Å². The van der Waals surface area contributed by atoms with Crippen molar-refractivity contribution >= 4 is 0 Å². The summed E-state index contributed by atoms with van der Waals surface area (Å²) in [4.78, 5) is 0. The van der Waals surface area contributed by atoms with Gasteiger partial charge in [0.2, 0.25) is 0 Å². The molecule has 0 aromatic heterocycles. The molecule has 3 N–H and O–H groups in total. The highest BCUT2D eigenvalue weighted by atomic mass is 15.2. The Kier molecular flexibility index (Phi) is 6.18. The Morgan fingerprint density at radius 1 is 1.55 bits per heavy atom. The van der Waals surface area contributed by atoms with E-state index in [0.717, 1.165) is 19.3 Å². The first kappa shape index (κ1) is 10.7. The van der Waals surface area contributed by atoms with Crippen LogP contribution in [-0.4, -0.2) is 6.04 Å². The molecule has 0 aliphatic rings. The molecule has 0 spiro atoms. The van der Waals surface area contributed by atoms with Gasteiger partial charge in [-0.15, -0.1) is 0 Å². The lowest BCUT2D eigenvalue weighted by atomic mass is 10.0. The summed E-state index contributed by atoms with van der Waals surface area (Å²) in [6, 6.07) is 0.424. The molecule has 0 aliphatic heterocycles. The van der Waals surface area contributed by atoms with Crippen LogP contribution in [0.15, 0.2) is 12.2 Å². The molecular weight excluding hydrogens is 136 g/mol. The van der Waals surface area contributed by atoms with Crippen molar-refractivity contribution in [1.29, 1.82) is 0 Å². The predicted molar refractivity (Wildman–Crippen MR) is 50.1 cm³/mol. The van der Waals surface area contributed by atoms with Gasteiger partial charge in [0.1, 0.15) is 0 Å². The first-order valence-electron chi connectivity index (χ1n) is 4.37. The van der Waals surface area contributed by atoms with Gasteiger partial charge in [-0.05, 0) is 19.3 Å². The fourth-order valence-electron chi connectivity index (χ4n) is 1.09. The van der Waals surface area contributed by atoms with Crippen LogP contribution in [0.2, 0.25) is 0 Å². The quantitative estimate of drug-likeness (QED) is 0.350. The largest absolute Gasteiger partial charge is 0.271 e. The van der Waals surface area contributed by atoms with Crippen LogP contribution in [0.3, 0.4) is 0 Å². The summed E-state index contributed by atoms with van der Waals surface area (Å²) in [7, 11) is 0. The second-order valence-corrected chi connectivity index (χ2v) is 2.96. The van der Waals surface area contributed by atoms with Crippen LogP contribution < -0.4 is 11.3 Å². The maximum Gasteiger partial charge on any atom is 0.0247 e. The molecule has 0 heterocycles. The van der Waals surface area contributed by atoms with E-state index in [1.54, 1.807) is 0 Å². The highest BCUT2D eigenvalue weighted by Gasteiger charge is 2.05. The van der Waals surface area contributed by atoms with Gasteiger partial charge in [0, 0.05) is 6.04 Å². The fourth-order valence-corrected chi connectivity index (χ4v) is 1.09. The van der Waals surface area contributed by atoms with Crippen molar-refractivity contribution < 1.29 is 0 Å². The zero-order valence-corrected chi connectivity index (χ0v) is 7.69. The first-order chi connectivity index (χ1) is 5.24. The normalized spacial score (nSPS) is 13.0. The summed E-state index contributed by atoms with van der Waals surface area (Å²) < 4.78 is 0. The van der Waals surface area contributed by atoms with Gasteiger partial charge in [0.05, 0.1) is 0 Å². The highest BCUT2D eigenvalue weighted by molar-refractivity contribution is 4.95. The van der Waals surface area contributed by atoms with Crippen LogP contribution in [0.5, 0.6) is 0 Å². The zero-order valence-electron chi connectivity index (χ0n) is 7.69. The van der Waals surface area contributed by atoms with E-state index in [9.17, 15) is 0 Å². The predicted octanol–water partition coefficient (Wildman–Crippen LogP) is 1.97. The minimum Gasteiger partial charge on any atom is -0.271 e. The van der Waals surface area contributed by atoms with Crippen molar-refractivity contribution in [3.8, 4) is 0 Å². The average Bonchev–Trinajstić information content (AvgIpc) is 2.03. The van der Waals surface area contributed by atoms with Crippen molar-refractivity contribution in [3.63, 3.8) is 0 Å². The molecule has 11 heavy (non-hydrogen) atoms.